The van der Waals surface area contributed by atoms with Gasteiger partial charge in [-0.05, 0) is 32.0 Å². The lowest BCUT2D eigenvalue weighted by molar-refractivity contribution is 0.498. The summed E-state index contributed by atoms with van der Waals surface area (Å²) in [5.74, 6) is 0. The van der Waals surface area contributed by atoms with E-state index in [0.717, 1.165) is 0 Å². The number of nitrogens with one attached hydrogen (secondary N) is 1. The fourth-order valence-electron chi connectivity index (χ4n) is 1.01. The predicted octanol–water partition coefficient (Wildman–Crippen LogP) is 2.01. The van der Waals surface area contributed by atoms with Crippen molar-refractivity contribution in [1.82, 2.24) is 4.72 Å². The van der Waals surface area contributed by atoms with E-state index in [2.05, 4.69) is 4.72 Å². The molecule has 0 aliphatic rings. The monoisotopic (exact) mass is 296 g/mol. The van der Waals surface area contributed by atoms with Crippen molar-refractivity contribution in [3.63, 3.8) is 0 Å². The van der Waals surface area contributed by atoms with Gasteiger partial charge in [0, 0.05) is 12.1 Å². The van der Waals surface area contributed by atoms with Gasteiger partial charge in [0.25, 0.3) is 0 Å². The SMILES string of the molecule is CC(C)(N)CNS(=O)(=O)c1ccc(Cl)c(Cl)c1. The molecule has 96 valence electrons. The summed E-state index contributed by atoms with van der Waals surface area (Å²) in [6.07, 6.45) is 0. The van der Waals surface area contributed by atoms with Gasteiger partial charge in [-0.15, -0.1) is 0 Å². The Hall–Kier alpha value is -0.330. The summed E-state index contributed by atoms with van der Waals surface area (Å²) in [6.45, 7) is 3.59. The average molecular weight is 297 g/mol. The molecule has 0 radical (unpaired) electrons. The van der Waals surface area contributed by atoms with Gasteiger partial charge < -0.3 is 5.73 Å². The number of nitrogens with two attached hydrogens (primary N) is 1. The Bertz CT molecular complexity index is 510. The first-order valence-electron chi connectivity index (χ1n) is 4.85. The summed E-state index contributed by atoms with van der Waals surface area (Å²) < 4.78 is 26.2. The van der Waals surface area contributed by atoms with Gasteiger partial charge in [0.05, 0.1) is 14.9 Å². The molecule has 0 aromatic heterocycles. The van der Waals surface area contributed by atoms with Crippen LogP contribution >= 0.6 is 23.2 Å². The summed E-state index contributed by atoms with van der Waals surface area (Å²) in [5.41, 5.74) is 5.08. The number of benzene rings is 1. The molecule has 7 heteroatoms. The molecule has 3 N–H and O–H groups in total. The lowest BCUT2D eigenvalue weighted by Crippen LogP contribution is -2.45. The van der Waals surface area contributed by atoms with Crippen LogP contribution in [0, 0.1) is 0 Å². The molecule has 1 aromatic rings. The minimum absolute atomic E-state index is 0.0659. The second kappa shape index (κ2) is 5.12. The maximum absolute atomic E-state index is 11.9. The number of hydrogen-bond acceptors (Lipinski definition) is 3. The fraction of sp³-hybridized carbons (Fsp3) is 0.400. The summed E-state index contributed by atoms with van der Waals surface area (Å²) in [4.78, 5) is 0.0659. The normalized spacial score (nSPS) is 12.8. The van der Waals surface area contributed by atoms with Crippen LogP contribution in [-0.2, 0) is 10.0 Å². The molecule has 0 aliphatic heterocycles. The van der Waals surface area contributed by atoms with E-state index in [1.165, 1.54) is 18.2 Å². The summed E-state index contributed by atoms with van der Waals surface area (Å²) in [7, 11) is -3.61. The number of hydrogen-bond donors (Lipinski definition) is 2. The predicted molar refractivity (Wildman–Crippen MR) is 69.9 cm³/mol. The topological polar surface area (TPSA) is 72.2 Å². The van der Waals surface area contributed by atoms with Crippen LogP contribution in [0.2, 0.25) is 10.0 Å². The molecule has 0 amide bonds. The molecular formula is C10H14Cl2N2O2S. The van der Waals surface area contributed by atoms with Gasteiger partial charge in [0.2, 0.25) is 10.0 Å². The molecule has 17 heavy (non-hydrogen) atoms. The summed E-state index contributed by atoms with van der Waals surface area (Å²) in [6, 6.07) is 4.13. The number of rotatable bonds is 4. The smallest absolute Gasteiger partial charge is 0.240 e. The van der Waals surface area contributed by atoms with Crippen molar-refractivity contribution in [1.29, 1.82) is 0 Å². The third-order valence-corrected chi connectivity index (χ3v) is 4.06. The molecular weight excluding hydrogens is 283 g/mol. The van der Waals surface area contributed by atoms with Gasteiger partial charge >= 0.3 is 0 Å². The maximum atomic E-state index is 11.9. The van der Waals surface area contributed by atoms with Crippen molar-refractivity contribution in [2.24, 2.45) is 5.73 Å². The first-order chi connectivity index (χ1) is 7.62. The Balaban J connectivity index is 2.94. The third kappa shape index (κ3) is 4.44. The first kappa shape index (κ1) is 14.7. The van der Waals surface area contributed by atoms with Gasteiger partial charge in [0.1, 0.15) is 0 Å². The van der Waals surface area contributed by atoms with Crippen LogP contribution in [0.4, 0.5) is 0 Å². The van der Waals surface area contributed by atoms with Gasteiger partial charge in [-0.25, -0.2) is 13.1 Å². The minimum atomic E-state index is -3.61. The van der Waals surface area contributed by atoms with Crippen LogP contribution in [0.5, 0.6) is 0 Å². The van der Waals surface area contributed by atoms with Crippen LogP contribution in [-0.4, -0.2) is 20.5 Å². The second-order valence-electron chi connectivity index (χ2n) is 4.39. The van der Waals surface area contributed by atoms with Crippen molar-refractivity contribution in [2.45, 2.75) is 24.3 Å². The third-order valence-electron chi connectivity index (χ3n) is 1.92. The largest absolute Gasteiger partial charge is 0.324 e. The van der Waals surface area contributed by atoms with Crippen molar-refractivity contribution in [3.8, 4) is 0 Å². The molecule has 4 nitrogen and oxygen atoms in total. The molecule has 1 rings (SSSR count). The van der Waals surface area contributed by atoms with E-state index in [0.29, 0.717) is 5.02 Å². The van der Waals surface area contributed by atoms with Crippen LogP contribution in [0.15, 0.2) is 23.1 Å². The Morgan fingerprint density at radius 2 is 1.88 bits per heavy atom. The van der Waals surface area contributed by atoms with Crippen molar-refractivity contribution >= 4 is 33.2 Å². The van der Waals surface area contributed by atoms with Crippen molar-refractivity contribution in [2.75, 3.05) is 6.54 Å². The molecule has 0 bridgehead atoms. The Kier molecular flexibility index (Phi) is 4.43. The van der Waals surface area contributed by atoms with Gasteiger partial charge in [-0.1, -0.05) is 23.2 Å². The standard InChI is InChI=1S/C10H14Cl2N2O2S/c1-10(2,13)6-14-17(15,16)7-3-4-8(11)9(12)5-7/h3-5,14H,6,13H2,1-2H3. The molecule has 0 saturated carbocycles. The average Bonchev–Trinajstić information content (AvgIpc) is 2.18. The molecule has 0 spiro atoms. The zero-order valence-electron chi connectivity index (χ0n) is 9.50. The molecule has 0 fully saturated rings. The number of halogens is 2. The minimum Gasteiger partial charge on any atom is -0.324 e. The quantitative estimate of drug-likeness (QED) is 0.893. The highest BCUT2D eigenvalue weighted by Crippen LogP contribution is 2.24. The molecule has 0 heterocycles. The van der Waals surface area contributed by atoms with Crippen molar-refractivity contribution in [3.05, 3.63) is 28.2 Å². The lowest BCUT2D eigenvalue weighted by atomic mass is 10.1. The van der Waals surface area contributed by atoms with Crippen LogP contribution in [0.1, 0.15) is 13.8 Å². The van der Waals surface area contributed by atoms with Crippen LogP contribution in [0.3, 0.4) is 0 Å². The van der Waals surface area contributed by atoms with Gasteiger partial charge in [-0.3, -0.25) is 0 Å². The zero-order valence-corrected chi connectivity index (χ0v) is 11.8. The van der Waals surface area contributed by atoms with E-state index in [9.17, 15) is 8.42 Å². The molecule has 0 saturated heterocycles. The summed E-state index contributed by atoms with van der Waals surface area (Å²) >= 11 is 11.5. The van der Waals surface area contributed by atoms with E-state index < -0.39 is 15.6 Å². The van der Waals surface area contributed by atoms with Crippen LogP contribution in [0.25, 0.3) is 0 Å². The van der Waals surface area contributed by atoms with E-state index in [1.807, 2.05) is 0 Å². The van der Waals surface area contributed by atoms with Gasteiger partial charge in [-0.2, -0.15) is 0 Å². The molecule has 0 atom stereocenters. The Morgan fingerprint density at radius 1 is 1.29 bits per heavy atom. The highest BCUT2D eigenvalue weighted by Gasteiger charge is 2.19. The van der Waals surface area contributed by atoms with Gasteiger partial charge in [0.15, 0.2) is 0 Å². The lowest BCUT2D eigenvalue weighted by Gasteiger charge is -2.19. The second-order valence-corrected chi connectivity index (χ2v) is 6.97. The first-order valence-corrected chi connectivity index (χ1v) is 7.09. The van der Waals surface area contributed by atoms with E-state index in [4.69, 9.17) is 28.9 Å². The van der Waals surface area contributed by atoms with Crippen molar-refractivity contribution < 1.29 is 8.42 Å². The highest BCUT2D eigenvalue weighted by atomic mass is 35.5. The number of sulfonamides is 1. The molecule has 1 aromatic carbocycles. The zero-order chi connectivity index (χ0) is 13.3. The fourth-order valence-corrected chi connectivity index (χ4v) is 2.62. The maximum Gasteiger partial charge on any atom is 0.240 e. The van der Waals surface area contributed by atoms with E-state index >= 15 is 0 Å². The Labute approximate surface area is 111 Å². The van der Waals surface area contributed by atoms with Crippen LogP contribution < -0.4 is 10.5 Å². The Morgan fingerprint density at radius 3 is 2.35 bits per heavy atom. The van der Waals surface area contributed by atoms with E-state index in [-0.39, 0.29) is 16.5 Å². The highest BCUT2D eigenvalue weighted by molar-refractivity contribution is 7.89. The van der Waals surface area contributed by atoms with E-state index in [1.54, 1.807) is 13.8 Å². The molecule has 0 aliphatic carbocycles. The molecule has 0 unspecified atom stereocenters. The summed E-state index contributed by atoms with van der Waals surface area (Å²) in [5, 5.41) is 0.506.